The van der Waals surface area contributed by atoms with Crippen LogP contribution in [0.25, 0.3) is 0 Å². The highest BCUT2D eigenvalue weighted by molar-refractivity contribution is 6.22. The maximum absolute atomic E-state index is 12.3. The van der Waals surface area contributed by atoms with Crippen LogP contribution in [0.5, 0.6) is 0 Å². The van der Waals surface area contributed by atoms with Crippen molar-refractivity contribution in [1.82, 2.24) is 9.80 Å². The van der Waals surface area contributed by atoms with Crippen LogP contribution in [0.2, 0.25) is 0 Å². The van der Waals surface area contributed by atoms with E-state index in [0.717, 1.165) is 9.80 Å². The predicted molar refractivity (Wildman–Crippen MR) is 99.2 cm³/mol. The molecule has 0 unspecified atom stereocenters. The summed E-state index contributed by atoms with van der Waals surface area (Å²) in [6.07, 6.45) is -0.173. The van der Waals surface area contributed by atoms with E-state index in [0.29, 0.717) is 22.3 Å². The van der Waals surface area contributed by atoms with Crippen molar-refractivity contribution in [3.8, 4) is 0 Å². The third kappa shape index (κ3) is 3.18. The molecular weight excluding hydrogens is 376 g/mol. The van der Waals surface area contributed by atoms with Crippen LogP contribution in [0.3, 0.4) is 0 Å². The third-order valence-electron chi connectivity index (χ3n) is 4.87. The average molecular weight is 392 g/mol. The van der Waals surface area contributed by atoms with Crippen LogP contribution in [0.4, 0.5) is 0 Å². The number of carbonyl (C=O) groups is 5. The quantitative estimate of drug-likeness (QED) is 0.546. The molecule has 8 nitrogen and oxygen atoms in total. The minimum Gasteiger partial charge on any atom is -0.464 e. The van der Waals surface area contributed by atoms with E-state index in [-0.39, 0.29) is 26.1 Å². The summed E-state index contributed by atoms with van der Waals surface area (Å²) in [5.41, 5.74) is 1.29. The molecule has 29 heavy (non-hydrogen) atoms. The van der Waals surface area contributed by atoms with Crippen LogP contribution in [0.1, 0.15) is 47.9 Å². The van der Waals surface area contributed by atoms with Crippen molar-refractivity contribution >= 4 is 29.6 Å². The number of rotatable bonds is 6. The van der Waals surface area contributed by atoms with Crippen molar-refractivity contribution < 1.29 is 28.7 Å². The van der Waals surface area contributed by atoms with Crippen molar-refractivity contribution in [3.05, 3.63) is 70.8 Å². The molecule has 0 spiro atoms. The van der Waals surface area contributed by atoms with Gasteiger partial charge in [-0.3, -0.25) is 33.8 Å². The maximum atomic E-state index is 12.3. The van der Waals surface area contributed by atoms with Crippen LogP contribution in [-0.2, 0) is 9.53 Å². The summed E-state index contributed by atoms with van der Waals surface area (Å²) in [4.78, 5) is 63.0. The van der Waals surface area contributed by atoms with Gasteiger partial charge < -0.3 is 4.74 Å². The number of imide groups is 2. The number of esters is 1. The standard InChI is InChI=1S/C21H16N2O6/c24-17(9-10-22-18(25)13-5-1-2-6-14(13)19(22)26)29-12-11-23-20(27)15-7-3-4-8-16(15)21(23)28/h1-8H,9-12H2. The molecular formula is C21H16N2O6. The van der Waals surface area contributed by atoms with Crippen LogP contribution < -0.4 is 0 Å². The average Bonchev–Trinajstić information content (AvgIpc) is 3.12. The summed E-state index contributed by atoms with van der Waals surface area (Å²) < 4.78 is 5.07. The van der Waals surface area contributed by atoms with Gasteiger partial charge in [0.05, 0.1) is 35.2 Å². The number of carbonyl (C=O) groups excluding carboxylic acids is 5. The summed E-state index contributed by atoms with van der Waals surface area (Å²) in [5.74, 6) is -2.35. The van der Waals surface area contributed by atoms with Gasteiger partial charge in [-0.05, 0) is 24.3 Å². The minimum atomic E-state index is -0.627. The zero-order chi connectivity index (χ0) is 20.5. The summed E-state index contributed by atoms with van der Waals surface area (Å²) in [7, 11) is 0. The molecule has 0 saturated heterocycles. The number of hydrogen-bond donors (Lipinski definition) is 0. The molecule has 0 saturated carbocycles. The molecule has 0 radical (unpaired) electrons. The van der Waals surface area contributed by atoms with E-state index in [9.17, 15) is 24.0 Å². The summed E-state index contributed by atoms with van der Waals surface area (Å²) in [5, 5.41) is 0. The molecule has 4 rings (SSSR count). The van der Waals surface area contributed by atoms with Crippen molar-refractivity contribution in [1.29, 1.82) is 0 Å². The number of benzene rings is 2. The fourth-order valence-corrected chi connectivity index (χ4v) is 3.41. The van der Waals surface area contributed by atoms with Gasteiger partial charge in [0.1, 0.15) is 6.61 Å². The molecule has 2 aromatic carbocycles. The monoisotopic (exact) mass is 392 g/mol. The Labute approximate surface area is 165 Å². The Morgan fingerprint density at radius 1 is 0.655 bits per heavy atom. The minimum absolute atomic E-state index is 0.0644. The number of nitrogens with zero attached hydrogens (tertiary/aromatic N) is 2. The molecule has 0 bridgehead atoms. The number of fused-ring (bicyclic) bond motifs is 2. The van der Waals surface area contributed by atoms with E-state index in [1.807, 2.05) is 0 Å². The van der Waals surface area contributed by atoms with Crippen LogP contribution in [-0.4, -0.2) is 59.1 Å². The second-order valence-corrected chi connectivity index (χ2v) is 6.59. The van der Waals surface area contributed by atoms with Gasteiger partial charge in [0.2, 0.25) is 0 Å². The van der Waals surface area contributed by atoms with Crippen LogP contribution in [0, 0.1) is 0 Å². The van der Waals surface area contributed by atoms with Crippen LogP contribution >= 0.6 is 0 Å². The maximum Gasteiger partial charge on any atom is 0.307 e. The SMILES string of the molecule is O=C(CCN1C(=O)c2ccccc2C1=O)OCCN1C(=O)c2ccccc2C1=O. The van der Waals surface area contributed by atoms with E-state index < -0.39 is 29.6 Å². The Morgan fingerprint density at radius 3 is 1.45 bits per heavy atom. The highest BCUT2D eigenvalue weighted by atomic mass is 16.5. The van der Waals surface area contributed by atoms with Gasteiger partial charge in [-0.15, -0.1) is 0 Å². The van der Waals surface area contributed by atoms with Gasteiger partial charge in [0, 0.05) is 6.54 Å². The Kier molecular flexibility index (Phi) is 4.67. The summed E-state index contributed by atoms with van der Waals surface area (Å²) >= 11 is 0. The lowest BCUT2D eigenvalue weighted by Gasteiger charge is -2.15. The Hall–Kier alpha value is -3.81. The fraction of sp³-hybridized carbons (Fsp3) is 0.190. The van der Waals surface area contributed by atoms with Gasteiger partial charge in [0.25, 0.3) is 23.6 Å². The topological polar surface area (TPSA) is 101 Å². The summed E-state index contributed by atoms with van der Waals surface area (Å²) in [6.45, 7) is -0.324. The van der Waals surface area contributed by atoms with Crippen LogP contribution in [0.15, 0.2) is 48.5 Å². The molecule has 0 atom stereocenters. The van der Waals surface area contributed by atoms with E-state index in [1.165, 1.54) is 0 Å². The van der Waals surface area contributed by atoms with E-state index in [1.54, 1.807) is 48.5 Å². The van der Waals surface area contributed by atoms with E-state index in [4.69, 9.17) is 4.74 Å². The molecule has 0 aliphatic carbocycles. The first-order valence-corrected chi connectivity index (χ1v) is 9.05. The zero-order valence-corrected chi connectivity index (χ0v) is 15.3. The molecule has 2 heterocycles. The molecule has 4 amide bonds. The molecule has 8 heteroatoms. The van der Waals surface area contributed by atoms with Gasteiger partial charge >= 0.3 is 5.97 Å². The second kappa shape index (κ2) is 7.31. The van der Waals surface area contributed by atoms with Crippen molar-refractivity contribution in [2.75, 3.05) is 19.7 Å². The Bertz CT molecular complexity index is 991. The number of amides is 4. The Balaban J connectivity index is 1.27. The number of hydrogen-bond acceptors (Lipinski definition) is 6. The van der Waals surface area contributed by atoms with Crippen molar-refractivity contribution in [3.63, 3.8) is 0 Å². The zero-order valence-electron chi connectivity index (χ0n) is 15.3. The highest BCUT2D eigenvalue weighted by Crippen LogP contribution is 2.23. The molecule has 0 N–H and O–H groups in total. The summed E-state index contributed by atoms with van der Waals surface area (Å²) in [6, 6.07) is 13.0. The van der Waals surface area contributed by atoms with Crippen molar-refractivity contribution in [2.24, 2.45) is 0 Å². The normalized spacial score (nSPS) is 15.0. The van der Waals surface area contributed by atoms with Gasteiger partial charge in [0.15, 0.2) is 0 Å². The number of ether oxygens (including phenoxy) is 1. The predicted octanol–water partition coefficient (Wildman–Crippen LogP) is 1.51. The highest BCUT2D eigenvalue weighted by Gasteiger charge is 2.36. The lowest BCUT2D eigenvalue weighted by Crippen LogP contribution is -2.34. The van der Waals surface area contributed by atoms with Gasteiger partial charge in [-0.25, -0.2) is 0 Å². The lowest BCUT2D eigenvalue weighted by atomic mass is 10.1. The van der Waals surface area contributed by atoms with E-state index >= 15 is 0 Å². The molecule has 2 aromatic rings. The fourth-order valence-electron chi connectivity index (χ4n) is 3.41. The third-order valence-corrected chi connectivity index (χ3v) is 4.87. The molecule has 2 aliphatic heterocycles. The largest absolute Gasteiger partial charge is 0.464 e. The second-order valence-electron chi connectivity index (χ2n) is 6.59. The molecule has 0 fully saturated rings. The Morgan fingerprint density at radius 2 is 1.03 bits per heavy atom. The van der Waals surface area contributed by atoms with E-state index in [2.05, 4.69) is 0 Å². The molecule has 2 aliphatic rings. The van der Waals surface area contributed by atoms with Crippen molar-refractivity contribution in [2.45, 2.75) is 6.42 Å². The van der Waals surface area contributed by atoms with Gasteiger partial charge in [-0.2, -0.15) is 0 Å². The van der Waals surface area contributed by atoms with Gasteiger partial charge in [-0.1, -0.05) is 24.3 Å². The first-order valence-electron chi connectivity index (χ1n) is 9.05. The molecule has 0 aromatic heterocycles. The first kappa shape index (κ1) is 18.5. The lowest BCUT2D eigenvalue weighted by molar-refractivity contribution is -0.143. The molecule has 146 valence electrons. The first-order chi connectivity index (χ1) is 14.0. The smallest absolute Gasteiger partial charge is 0.307 e.